The van der Waals surface area contributed by atoms with Gasteiger partial charge < -0.3 is 19.2 Å². The Kier molecular flexibility index (Phi) is 7.11. The molecule has 0 spiro atoms. The SMILES string of the molecule is C=CCCC(=O)N1CCc2ccc(OCCc3nc(-c4ccccc4)oc3C)cc2C1C(=O)O. The number of aromatic nitrogens is 1. The predicted octanol–water partition coefficient (Wildman–Crippen LogP) is 4.75. The van der Waals surface area contributed by atoms with Gasteiger partial charge in [0.1, 0.15) is 11.5 Å². The fourth-order valence-electron chi connectivity index (χ4n) is 4.22. The molecule has 1 amide bonds. The molecule has 0 saturated carbocycles. The van der Waals surface area contributed by atoms with Gasteiger partial charge in [0.15, 0.2) is 6.04 Å². The zero-order valence-corrected chi connectivity index (χ0v) is 19.2. The van der Waals surface area contributed by atoms with Crippen molar-refractivity contribution in [1.82, 2.24) is 9.88 Å². The predicted molar refractivity (Wildman–Crippen MR) is 128 cm³/mol. The molecule has 3 aromatic rings. The van der Waals surface area contributed by atoms with Crippen LogP contribution in [0.25, 0.3) is 11.5 Å². The average Bonchev–Trinajstić information content (AvgIpc) is 3.22. The number of ether oxygens (including phenoxy) is 1. The van der Waals surface area contributed by atoms with Crippen LogP contribution in [0.4, 0.5) is 0 Å². The number of fused-ring (bicyclic) bond motifs is 1. The van der Waals surface area contributed by atoms with E-state index in [1.54, 1.807) is 12.1 Å². The molecule has 0 fully saturated rings. The van der Waals surface area contributed by atoms with E-state index in [1.165, 1.54) is 4.90 Å². The molecule has 1 atom stereocenters. The van der Waals surface area contributed by atoms with Crippen LogP contribution in [-0.2, 0) is 22.4 Å². The topological polar surface area (TPSA) is 92.9 Å². The minimum Gasteiger partial charge on any atom is -0.493 e. The number of aliphatic carboxylic acids is 1. The number of nitrogens with zero attached hydrogens (tertiary/aromatic N) is 2. The van der Waals surface area contributed by atoms with E-state index in [-0.39, 0.29) is 12.3 Å². The number of carboxylic acids is 1. The van der Waals surface area contributed by atoms with Gasteiger partial charge in [-0.25, -0.2) is 9.78 Å². The highest BCUT2D eigenvalue weighted by Crippen LogP contribution is 2.33. The van der Waals surface area contributed by atoms with E-state index in [0.29, 0.717) is 49.6 Å². The second-order valence-electron chi connectivity index (χ2n) is 8.25. The molecule has 176 valence electrons. The molecule has 0 bridgehead atoms. The lowest BCUT2D eigenvalue weighted by molar-refractivity contribution is -0.151. The molecule has 0 aliphatic carbocycles. The van der Waals surface area contributed by atoms with Gasteiger partial charge in [0.05, 0.1) is 12.3 Å². The normalized spacial score (nSPS) is 15.0. The lowest BCUT2D eigenvalue weighted by atomic mass is 9.92. The summed E-state index contributed by atoms with van der Waals surface area (Å²) in [7, 11) is 0. The van der Waals surface area contributed by atoms with Crippen LogP contribution in [0.15, 0.2) is 65.6 Å². The Labute approximate surface area is 198 Å². The second kappa shape index (κ2) is 10.4. The van der Waals surface area contributed by atoms with Crippen molar-refractivity contribution in [3.8, 4) is 17.2 Å². The van der Waals surface area contributed by atoms with Crippen LogP contribution in [0.1, 0.15) is 41.5 Å². The summed E-state index contributed by atoms with van der Waals surface area (Å²) < 4.78 is 11.7. The van der Waals surface area contributed by atoms with Crippen molar-refractivity contribution in [2.45, 2.75) is 38.6 Å². The van der Waals surface area contributed by atoms with Crippen molar-refractivity contribution in [3.05, 3.63) is 83.8 Å². The molecule has 1 aromatic heterocycles. The lowest BCUT2D eigenvalue weighted by Gasteiger charge is -2.35. The molecule has 0 radical (unpaired) electrons. The van der Waals surface area contributed by atoms with E-state index < -0.39 is 12.0 Å². The Morgan fingerprint density at radius 3 is 2.79 bits per heavy atom. The molecule has 2 heterocycles. The quantitative estimate of drug-likeness (QED) is 0.463. The molecule has 1 aliphatic rings. The standard InChI is InChI=1S/C27H28N2O5/c1-3-4-10-24(30)29-15-13-19-11-12-21(17-22(19)25(29)27(31)32)33-16-14-23-18(2)34-26(28-23)20-8-6-5-7-9-20/h3,5-9,11-12,17,25H,1,4,10,13-16H2,2H3,(H,31,32). The first kappa shape index (κ1) is 23.3. The molecule has 0 saturated heterocycles. The maximum atomic E-state index is 12.6. The zero-order chi connectivity index (χ0) is 24.1. The third kappa shape index (κ3) is 5.03. The van der Waals surface area contributed by atoms with E-state index in [4.69, 9.17) is 9.15 Å². The lowest BCUT2D eigenvalue weighted by Crippen LogP contribution is -2.43. The highest BCUT2D eigenvalue weighted by Gasteiger charge is 2.35. The van der Waals surface area contributed by atoms with Crippen molar-refractivity contribution in [1.29, 1.82) is 0 Å². The number of carboxylic acid groups (broad SMARTS) is 1. The van der Waals surface area contributed by atoms with E-state index in [0.717, 1.165) is 22.6 Å². The van der Waals surface area contributed by atoms with Crippen LogP contribution in [-0.4, -0.2) is 40.0 Å². The van der Waals surface area contributed by atoms with Gasteiger partial charge in [-0.3, -0.25) is 4.79 Å². The Morgan fingerprint density at radius 1 is 1.26 bits per heavy atom. The molecule has 7 heteroatoms. The molecule has 4 rings (SSSR count). The largest absolute Gasteiger partial charge is 0.493 e. The summed E-state index contributed by atoms with van der Waals surface area (Å²) >= 11 is 0. The van der Waals surface area contributed by atoms with Crippen molar-refractivity contribution in [2.24, 2.45) is 0 Å². The number of benzene rings is 2. The summed E-state index contributed by atoms with van der Waals surface area (Å²) in [5.41, 5.74) is 3.26. The number of carbonyl (C=O) groups is 2. The van der Waals surface area contributed by atoms with Gasteiger partial charge in [-0.15, -0.1) is 6.58 Å². The highest BCUT2D eigenvalue weighted by atomic mass is 16.5. The number of amides is 1. The molecular weight excluding hydrogens is 432 g/mol. The van der Waals surface area contributed by atoms with Gasteiger partial charge in [0.25, 0.3) is 0 Å². The van der Waals surface area contributed by atoms with Crippen LogP contribution < -0.4 is 4.74 Å². The summed E-state index contributed by atoms with van der Waals surface area (Å²) in [5.74, 6) is 0.659. The van der Waals surface area contributed by atoms with Gasteiger partial charge in [0.2, 0.25) is 11.8 Å². The third-order valence-corrected chi connectivity index (χ3v) is 5.98. The number of hydrogen-bond donors (Lipinski definition) is 1. The van der Waals surface area contributed by atoms with E-state index in [1.807, 2.05) is 49.4 Å². The Balaban J connectivity index is 1.45. The first-order valence-corrected chi connectivity index (χ1v) is 11.4. The fourth-order valence-corrected chi connectivity index (χ4v) is 4.22. The van der Waals surface area contributed by atoms with Gasteiger partial charge in [-0.05, 0) is 55.2 Å². The number of carbonyl (C=O) groups excluding carboxylic acids is 1. The number of rotatable bonds is 9. The van der Waals surface area contributed by atoms with Crippen molar-refractivity contribution < 1.29 is 23.8 Å². The van der Waals surface area contributed by atoms with E-state index >= 15 is 0 Å². The molecule has 1 aliphatic heterocycles. The van der Waals surface area contributed by atoms with Gasteiger partial charge in [0, 0.05) is 24.9 Å². The van der Waals surface area contributed by atoms with Crippen LogP contribution in [0.3, 0.4) is 0 Å². The van der Waals surface area contributed by atoms with Gasteiger partial charge in [-0.1, -0.05) is 30.3 Å². The Hall–Kier alpha value is -3.87. The zero-order valence-electron chi connectivity index (χ0n) is 19.2. The van der Waals surface area contributed by atoms with Crippen molar-refractivity contribution in [2.75, 3.05) is 13.2 Å². The van der Waals surface area contributed by atoms with Crippen LogP contribution in [0.5, 0.6) is 5.75 Å². The summed E-state index contributed by atoms with van der Waals surface area (Å²) in [6, 6.07) is 14.2. The first-order chi connectivity index (χ1) is 16.5. The number of allylic oxidation sites excluding steroid dienone is 1. The Morgan fingerprint density at radius 2 is 2.06 bits per heavy atom. The number of hydrogen-bond acceptors (Lipinski definition) is 5. The molecule has 7 nitrogen and oxygen atoms in total. The number of aryl methyl sites for hydroxylation is 1. The summed E-state index contributed by atoms with van der Waals surface area (Å²) in [6.45, 7) is 6.26. The molecule has 2 aromatic carbocycles. The molecule has 1 unspecified atom stereocenters. The minimum atomic E-state index is -1.04. The minimum absolute atomic E-state index is 0.181. The smallest absolute Gasteiger partial charge is 0.331 e. The van der Waals surface area contributed by atoms with Crippen LogP contribution in [0, 0.1) is 6.92 Å². The van der Waals surface area contributed by atoms with E-state index in [9.17, 15) is 14.7 Å². The van der Waals surface area contributed by atoms with E-state index in [2.05, 4.69) is 11.6 Å². The second-order valence-corrected chi connectivity index (χ2v) is 8.25. The third-order valence-electron chi connectivity index (χ3n) is 5.98. The fraction of sp³-hybridized carbons (Fsp3) is 0.296. The summed E-state index contributed by atoms with van der Waals surface area (Å²) in [6.07, 6.45) is 3.59. The maximum Gasteiger partial charge on any atom is 0.331 e. The van der Waals surface area contributed by atoms with Crippen LogP contribution >= 0.6 is 0 Å². The molecule has 34 heavy (non-hydrogen) atoms. The summed E-state index contributed by atoms with van der Waals surface area (Å²) in [5, 5.41) is 9.90. The average molecular weight is 461 g/mol. The summed E-state index contributed by atoms with van der Waals surface area (Å²) in [4.78, 5) is 30.7. The Bertz CT molecular complexity index is 1180. The van der Waals surface area contributed by atoms with Gasteiger partial charge >= 0.3 is 5.97 Å². The monoisotopic (exact) mass is 460 g/mol. The molecular formula is C27H28N2O5. The highest BCUT2D eigenvalue weighted by molar-refractivity contribution is 5.85. The van der Waals surface area contributed by atoms with Crippen molar-refractivity contribution in [3.63, 3.8) is 0 Å². The first-order valence-electron chi connectivity index (χ1n) is 11.4. The van der Waals surface area contributed by atoms with Crippen LogP contribution in [0.2, 0.25) is 0 Å². The molecule has 1 N–H and O–H groups in total. The van der Waals surface area contributed by atoms with Gasteiger partial charge in [-0.2, -0.15) is 0 Å². The maximum absolute atomic E-state index is 12.6. The number of oxazole rings is 1. The van der Waals surface area contributed by atoms with Crippen molar-refractivity contribution >= 4 is 11.9 Å².